The van der Waals surface area contributed by atoms with Gasteiger partial charge in [-0.2, -0.15) is 0 Å². The van der Waals surface area contributed by atoms with Crippen molar-refractivity contribution in [3.05, 3.63) is 82.7 Å². The highest BCUT2D eigenvalue weighted by Crippen LogP contribution is 2.46. The molecule has 0 aromatic heterocycles. The molecule has 0 radical (unpaired) electrons. The molecule has 272 valence electrons. The normalized spacial score (nSPS) is 27.8. The van der Waals surface area contributed by atoms with E-state index in [0.29, 0.717) is 48.4 Å². The minimum atomic E-state index is -1.14. The second-order valence-corrected chi connectivity index (χ2v) is 14.7. The van der Waals surface area contributed by atoms with Gasteiger partial charge < -0.3 is 25.6 Å². The van der Waals surface area contributed by atoms with Crippen LogP contribution in [0.25, 0.3) is 0 Å². The Bertz CT molecular complexity index is 1720. The number of hydrogen-bond acceptors (Lipinski definition) is 6. The molecule has 2 saturated carbocycles. The van der Waals surface area contributed by atoms with Crippen molar-refractivity contribution in [1.82, 2.24) is 25.8 Å². The quantitative estimate of drug-likeness (QED) is 0.362. The number of ether oxygens (including phenoxy) is 1. The first-order valence-corrected chi connectivity index (χ1v) is 18.1. The predicted molar refractivity (Wildman–Crippen MR) is 180 cm³/mol. The van der Waals surface area contributed by atoms with Crippen LogP contribution in [0.5, 0.6) is 0 Å². The SMILES string of the molecule is O=C1N[C@]2(C(=O)NCC3CC3)C[C@H]2C=CCCCCC[C@H](NCc2ccc(F)c(F)c2)C(=O)N2C[C@H](OC(=O)N3Cc4cccc(F)c4C3)C[C@@H]12. The van der Waals surface area contributed by atoms with Crippen LogP contribution >= 0.6 is 0 Å². The van der Waals surface area contributed by atoms with E-state index in [2.05, 4.69) is 22.0 Å². The van der Waals surface area contributed by atoms with E-state index >= 15 is 0 Å². The van der Waals surface area contributed by atoms with Gasteiger partial charge in [-0.1, -0.05) is 43.2 Å². The van der Waals surface area contributed by atoms with Gasteiger partial charge in [0.25, 0.3) is 0 Å². The van der Waals surface area contributed by atoms with Crippen LogP contribution in [-0.4, -0.2) is 70.4 Å². The average Bonchev–Trinajstić information content (AvgIpc) is 3.97. The maximum absolute atomic E-state index is 14.4. The van der Waals surface area contributed by atoms with E-state index < -0.39 is 53.2 Å². The van der Waals surface area contributed by atoms with Crippen LogP contribution in [0.15, 0.2) is 48.6 Å². The molecule has 3 N–H and O–H groups in total. The lowest BCUT2D eigenvalue weighted by Gasteiger charge is -2.30. The van der Waals surface area contributed by atoms with Gasteiger partial charge in [-0.05, 0) is 73.8 Å². The molecule has 13 heteroatoms. The fraction of sp³-hybridized carbons (Fsp3) is 0.526. The zero-order valence-corrected chi connectivity index (χ0v) is 28.5. The lowest BCUT2D eigenvalue weighted by atomic mass is 10.0. The summed E-state index contributed by atoms with van der Waals surface area (Å²) in [6, 6.07) is 6.43. The van der Waals surface area contributed by atoms with Crippen molar-refractivity contribution in [2.24, 2.45) is 11.8 Å². The van der Waals surface area contributed by atoms with Crippen LogP contribution in [0.1, 0.15) is 74.5 Å². The van der Waals surface area contributed by atoms with Crippen molar-refractivity contribution in [2.75, 3.05) is 13.1 Å². The van der Waals surface area contributed by atoms with Crippen molar-refractivity contribution in [1.29, 1.82) is 0 Å². The number of carbonyl (C=O) groups is 4. The topological polar surface area (TPSA) is 120 Å². The standard InChI is InChI=1S/C38H44F3N5O5/c39-29-9-6-7-25-20-45(22-28(25)29)37(50)51-27-16-33-34(47)44-38(36(49)43-18-23-11-12-23)17-26(38)8-4-2-1-3-5-10-32(35(48)46(33)21-27)42-19-24-13-14-30(40)31(41)15-24/h4,6-9,13-15,23,26-27,32-33,42H,1-3,5,10-12,16-22H2,(H,43,49)(H,44,47)/t26-,27-,32+,33+,38-/m1/s1. The van der Waals surface area contributed by atoms with Gasteiger partial charge in [0.05, 0.1) is 19.1 Å². The lowest BCUT2D eigenvalue weighted by molar-refractivity contribution is -0.141. The smallest absolute Gasteiger partial charge is 0.410 e. The number of nitrogens with zero attached hydrogens (tertiary/aromatic N) is 2. The Morgan fingerprint density at radius 3 is 2.61 bits per heavy atom. The van der Waals surface area contributed by atoms with Gasteiger partial charge in [0, 0.05) is 37.5 Å². The highest BCUT2D eigenvalue weighted by molar-refractivity contribution is 5.98. The molecule has 0 bridgehead atoms. The molecule has 2 aliphatic carbocycles. The Balaban J connectivity index is 1.11. The molecule has 3 aliphatic heterocycles. The third kappa shape index (κ3) is 7.78. The van der Waals surface area contributed by atoms with Crippen molar-refractivity contribution >= 4 is 23.8 Å². The van der Waals surface area contributed by atoms with Gasteiger partial charge >= 0.3 is 6.09 Å². The van der Waals surface area contributed by atoms with Crippen LogP contribution in [0.2, 0.25) is 0 Å². The van der Waals surface area contributed by atoms with Crippen molar-refractivity contribution in [3.63, 3.8) is 0 Å². The maximum atomic E-state index is 14.4. The molecular weight excluding hydrogens is 663 g/mol. The Hall–Kier alpha value is -4.39. The molecule has 51 heavy (non-hydrogen) atoms. The molecule has 2 aromatic carbocycles. The van der Waals surface area contributed by atoms with Crippen molar-refractivity contribution in [3.8, 4) is 0 Å². The fourth-order valence-corrected chi connectivity index (χ4v) is 7.56. The first-order valence-electron chi connectivity index (χ1n) is 18.1. The van der Waals surface area contributed by atoms with E-state index in [1.807, 2.05) is 6.08 Å². The van der Waals surface area contributed by atoms with Crippen LogP contribution in [-0.2, 0) is 38.8 Å². The van der Waals surface area contributed by atoms with E-state index in [1.165, 1.54) is 21.9 Å². The summed E-state index contributed by atoms with van der Waals surface area (Å²) in [6.07, 6.45) is 8.72. The Morgan fingerprint density at radius 2 is 1.82 bits per heavy atom. The van der Waals surface area contributed by atoms with Crippen molar-refractivity contribution in [2.45, 2.75) is 101 Å². The van der Waals surface area contributed by atoms with Gasteiger partial charge in [-0.25, -0.2) is 18.0 Å². The highest BCUT2D eigenvalue weighted by atomic mass is 19.2. The van der Waals surface area contributed by atoms with Crippen LogP contribution < -0.4 is 16.0 Å². The number of halogens is 3. The Morgan fingerprint density at radius 1 is 0.980 bits per heavy atom. The molecule has 0 spiro atoms. The molecule has 0 unspecified atom stereocenters. The Kier molecular flexibility index (Phi) is 10.1. The van der Waals surface area contributed by atoms with Gasteiger partial charge in [0.15, 0.2) is 11.6 Å². The van der Waals surface area contributed by atoms with Gasteiger partial charge in [-0.3, -0.25) is 19.3 Å². The second-order valence-electron chi connectivity index (χ2n) is 14.7. The zero-order valence-electron chi connectivity index (χ0n) is 28.5. The average molecular weight is 708 g/mol. The Labute approximate surface area is 295 Å². The maximum Gasteiger partial charge on any atom is 0.410 e. The molecular formula is C38H44F3N5O5. The van der Waals surface area contributed by atoms with E-state index in [9.17, 15) is 32.3 Å². The molecule has 5 aliphatic rings. The summed E-state index contributed by atoms with van der Waals surface area (Å²) in [4.78, 5) is 58.3. The van der Waals surface area contributed by atoms with Gasteiger partial charge in [0.2, 0.25) is 17.7 Å². The molecule has 1 saturated heterocycles. The summed E-state index contributed by atoms with van der Waals surface area (Å²) >= 11 is 0. The first-order chi connectivity index (χ1) is 24.6. The third-order valence-electron chi connectivity index (χ3n) is 10.9. The molecule has 10 nitrogen and oxygen atoms in total. The molecule has 2 aromatic rings. The summed E-state index contributed by atoms with van der Waals surface area (Å²) in [5, 5.41) is 9.25. The lowest BCUT2D eigenvalue weighted by Crippen LogP contribution is -2.57. The van der Waals surface area contributed by atoms with Crippen LogP contribution in [0.3, 0.4) is 0 Å². The molecule has 3 heterocycles. The monoisotopic (exact) mass is 707 g/mol. The van der Waals surface area contributed by atoms with E-state index in [-0.39, 0.29) is 50.3 Å². The van der Waals surface area contributed by atoms with E-state index in [1.54, 1.807) is 12.1 Å². The summed E-state index contributed by atoms with van der Waals surface area (Å²) in [5.41, 5.74) is 0.430. The summed E-state index contributed by atoms with van der Waals surface area (Å²) in [7, 11) is 0. The largest absolute Gasteiger partial charge is 0.444 e. The van der Waals surface area contributed by atoms with E-state index in [4.69, 9.17) is 4.74 Å². The van der Waals surface area contributed by atoms with Crippen molar-refractivity contribution < 1.29 is 37.1 Å². The van der Waals surface area contributed by atoms with Gasteiger partial charge in [-0.15, -0.1) is 0 Å². The van der Waals surface area contributed by atoms with E-state index in [0.717, 1.165) is 44.2 Å². The number of allylic oxidation sites excluding steroid dienone is 1. The molecule has 5 atom stereocenters. The second kappa shape index (κ2) is 14.7. The van der Waals surface area contributed by atoms with Gasteiger partial charge in [0.1, 0.15) is 23.5 Å². The minimum Gasteiger partial charge on any atom is -0.444 e. The minimum absolute atomic E-state index is 0.00857. The summed E-state index contributed by atoms with van der Waals surface area (Å²) in [6.45, 7) is 0.787. The number of amides is 4. The number of fused-ring (bicyclic) bond motifs is 3. The highest BCUT2D eigenvalue weighted by Gasteiger charge is 2.61. The molecule has 7 rings (SSSR count). The predicted octanol–water partition coefficient (Wildman–Crippen LogP) is 4.61. The number of carbonyl (C=O) groups excluding carboxylic acids is 4. The summed E-state index contributed by atoms with van der Waals surface area (Å²) < 4.78 is 47.9. The first kappa shape index (κ1) is 35.0. The number of nitrogens with one attached hydrogen (secondary N) is 3. The van der Waals surface area contributed by atoms with Crippen LogP contribution in [0, 0.1) is 29.3 Å². The number of benzene rings is 2. The molecule has 3 fully saturated rings. The number of rotatable bonds is 7. The summed E-state index contributed by atoms with van der Waals surface area (Å²) in [5.74, 6) is -3.24. The number of hydrogen-bond donors (Lipinski definition) is 3. The zero-order chi connectivity index (χ0) is 35.7. The fourth-order valence-electron chi connectivity index (χ4n) is 7.56. The van der Waals surface area contributed by atoms with Crippen LogP contribution in [0.4, 0.5) is 18.0 Å². The third-order valence-corrected chi connectivity index (χ3v) is 10.9. The molecule has 4 amide bonds.